The fourth-order valence-electron chi connectivity index (χ4n) is 7.30. The van der Waals surface area contributed by atoms with Crippen LogP contribution >= 0.6 is 11.6 Å². The molecule has 5 heteroatoms. The zero-order chi connectivity index (χ0) is 18.9. The molecule has 4 fully saturated rings. The van der Waals surface area contributed by atoms with Crippen molar-refractivity contribution in [3.05, 3.63) is 0 Å². The molecule has 4 nitrogen and oxygen atoms in total. The molecule has 0 heterocycles. The zero-order valence-electron chi connectivity index (χ0n) is 16.1. The maximum atomic E-state index is 12.5. The number of carbonyl (C=O) groups excluding carboxylic acids is 2. The quantitative estimate of drug-likeness (QED) is 0.552. The van der Waals surface area contributed by atoms with Gasteiger partial charge in [0.05, 0.1) is 11.0 Å². The Kier molecular flexibility index (Phi) is 4.28. The first-order valence-corrected chi connectivity index (χ1v) is 10.6. The smallest absolute Gasteiger partial charge is 0.302 e. The summed E-state index contributed by atoms with van der Waals surface area (Å²) in [5, 5.41) is 11.4. The van der Waals surface area contributed by atoms with Crippen LogP contribution in [0.3, 0.4) is 0 Å². The summed E-state index contributed by atoms with van der Waals surface area (Å²) in [5.74, 6) is 1.35. The normalized spacial score (nSPS) is 53.4. The topological polar surface area (TPSA) is 63.6 Å². The first kappa shape index (κ1) is 18.7. The first-order valence-electron chi connectivity index (χ1n) is 10.2. The van der Waals surface area contributed by atoms with Crippen molar-refractivity contribution in [2.75, 3.05) is 0 Å². The maximum Gasteiger partial charge on any atom is 0.302 e. The number of Topliss-reactive ketones (excluding diaryl/α,β-unsaturated/α-hetero) is 1. The van der Waals surface area contributed by atoms with Crippen LogP contribution in [-0.4, -0.2) is 33.9 Å². The second kappa shape index (κ2) is 5.94. The third-order valence-corrected chi connectivity index (χ3v) is 9.35. The van der Waals surface area contributed by atoms with Gasteiger partial charge in [-0.3, -0.25) is 9.59 Å². The van der Waals surface area contributed by atoms with Crippen LogP contribution in [0.5, 0.6) is 0 Å². The fourth-order valence-corrected chi connectivity index (χ4v) is 7.84. The predicted octanol–water partition coefficient (Wildman–Crippen LogP) is 3.86. The van der Waals surface area contributed by atoms with E-state index in [9.17, 15) is 14.7 Å². The highest BCUT2D eigenvalue weighted by atomic mass is 35.5. The number of halogens is 1. The number of alkyl halides is 1. The molecule has 0 aromatic heterocycles. The number of hydrogen-bond acceptors (Lipinski definition) is 4. The number of fused-ring (bicyclic) bond motifs is 5. The molecule has 26 heavy (non-hydrogen) atoms. The number of ketones is 1. The highest BCUT2D eigenvalue weighted by Gasteiger charge is 2.67. The molecule has 0 bridgehead atoms. The Hall–Kier alpha value is -0.610. The van der Waals surface area contributed by atoms with Gasteiger partial charge < -0.3 is 9.84 Å². The van der Waals surface area contributed by atoms with Crippen molar-refractivity contribution in [1.82, 2.24) is 0 Å². The first-order chi connectivity index (χ1) is 12.1. The number of rotatable bonds is 1. The van der Waals surface area contributed by atoms with Gasteiger partial charge in [-0.25, -0.2) is 0 Å². The standard InChI is InChI=1S/C21H31ClO4/c1-12(23)26-13-6-9-20(3)16-7-8-19(2)15(4-5-18(19)24)14(16)10-17(22)21(20,25)11-13/h13-17,25H,4-11H2,1-3H3/t13-,14-,15+,16+,17-,19-,20+,21-/m0/s1. The van der Waals surface area contributed by atoms with Crippen LogP contribution in [0.4, 0.5) is 0 Å². The molecule has 8 atom stereocenters. The van der Waals surface area contributed by atoms with E-state index in [1.807, 2.05) is 0 Å². The Balaban J connectivity index is 1.65. The van der Waals surface area contributed by atoms with Gasteiger partial charge in [-0.05, 0) is 56.3 Å². The number of ether oxygens (including phenoxy) is 1. The molecular weight excluding hydrogens is 352 g/mol. The lowest BCUT2D eigenvalue weighted by Crippen LogP contribution is -2.67. The van der Waals surface area contributed by atoms with Gasteiger partial charge in [-0.15, -0.1) is 11.6 Å². The number of carbonyl (C=O) groups is 2. The summed E-state index contributed by atoms with van der Waals surface area (Å²) >= 11 is 6.84. The average Bonchev–Trinajstić information content (AvgIpc) is 2.86. The number of esters is 1. The molecule has 0 radical (unpaired) electrons. The highest BCUT2D eigenvalue weighted by molar-refractivity contribution is 6.21. The minimum Gasteiger partial charge on any atom is -0.462 e. The van der Waals surface area contributed by atoms with Crippen LogP contribution in [0, 0.1) is 28.6 Å². The molecule has 0 aromatic rings. The van der Waals surface area contributed by atoms with Crippen molar-refractivity contribution >= 4 is 23.4 Å². The minimum atomic E-state index is -1.01. The van der Waals surface area contributed by atoms with Crippen molar-refractivity contribution in [1.29, 1.82) is 0 Å². The Morgan fingerprint density at radius 2 is 1.92 bits per heavy atom. The lowest BCUT2D eigenvalue weighted by molar-refractivity contribution is -0.219. The van der Waals surface area contributed by atoms with Gasteiger partial charge in [0.1, 0.15) is 11.9 Å². The molecule has 0 amide bonds. The van der Waals surface area contributed by atoms with Crippen molar-refractivity contribution < 1.29 is 19.4 Å². The summed E-state index contributed by atoms with van der Waals surface area (Å²) < 4.78 is 5.43. The number of hydrogen-bond donors (Lipinski definition) is 1. The average molecular weight is 383 g/mol. The second-order valence-electron chi connectivity index (χ2n) is 9.81. The van der Waals surface area contributed by atoms with E-state index in [1.54, 1.807) is 0 Å². The van der Waals surface area contributed by atoms with Crippen LogP contribution < -0.4 is 0 Å². The van der Waals surface area contributed by atoms with Gasteiger partial charge in [0.2, 0.25) is 0 Å². The zero-order valence-corrected chi connectivity index (χ0v) is 16.8. The number of aliphatic hydroxyl groups is 1. The van der Waals surface area contributed by atoms with Crippen molar-refractivity contribution in [3.8, 4) is 0 Å². The summed E-state index contributed by atoms with van der Waals surface area (Å²) in [7, 11) is 0. The van der Waals surface area contributed by atoms with E-state index in [4.69, 9.17) is 16.3 Å². The van der Waals surface area contributed by atoms with E-state index in [1.165, 1.54) is 6.92 Å². The van der Waals surface area contributed by atoms with Crippen LogP contribution in [-0.2, 0) is 14.3 Å². The van der Waals surface area contributed by atoms with Crippen LogP contribution in [0.1, 0.15) is 72.1 Å². The molecular formula is C21H31ClO4. The Labute approximate surface area is 161 Å². The monoisotopic (exact) mass is 382 g/mol. The molecule has 0 saturated heterocycles. The second-order valence-corrected chi connectivity index (χ2v) is 10.3. The maximum absolute atomic E-state index is 12.5. The SMILES string of the molecule is CC(=O)O[C@H]1CC[C@]2(C)[C@@H]3CC[C@]4(C)C(=O)CC[C@@H]4[C@@H]3C[C@H](Cl)[C@@]2(O)C1. The Morgan fingerprint density at radius 3 is 2.62 bits per heavy atom. The third-order valence-electron chi connectivity index (χ3n) is 8.81. The molecule has 0 unspecified atom stereocenters. The van der Waals surface area contributed by atoms with E-state index < -0.39 is 5.60 Å². The molecule has 4 aliphatic carbocycles. The Bertz CT molecular complexity index is 636. The largest absolute Gasteiger partial charge is 0.462 e. The van der Waals surface area contributed by atoms with Crippen LogP contribution in [0.25, 0.3) is 0 Å². The Morgan fingerprint density at radius 1 is 1.19 bits per heavy atom. The van der Waals surface area contributed by atoms with E-state index in [2.05, 4.69) is 13.8 Å². The van der Waals surface area contributed by atoms with Gasteiger partial charge in [-0.2, -0.15) is 0 Å². The summed E-state index contributed by atoms with van der Waals surface area (Å²) in [6.45, 7) is 5.78. The minimum absolute atomic E-state index is 0.182. The van der Waals surface area contributed by atoms with E-state index >= 15 is 0 Å². The van der Waals surface area contributed by atoms with Gasteiger partial charge in [-0.1, -0.05) is 13.8 Å². The molecule has 1 N–H and O–H groups in total. The molecule has 0 spiro atoms. The lowest BCUT2D eigenvalue weighted by Gasteiger charge is -2.64. The highest BCUT2D eigenvalue weighted by Crippen LogP contribution is 2.67. The molecule has 146 valence electrons. The van der Waals surface area contributed by atoms with Gasteiger partial charge >= 0.3 is 5.97 Å². The molecule has 4 saturated carbocycles. The lowest BCUT2D eigenvalue weighted by atomic mass is 9.43. The fraction of sp³-hybridized carbons (Fsp3) is 0.905. The van der Waals surface area contributed by atoms with Crippen LogP contribution in [0.2, 0.25) is 0 Å². The summed E-state index contributed by atoms with van der Waals surface area (Å²) in [4.78, 5) is 23.9. The van der Waals surface area contributed by atoms with E-state index in [0.717, 1.165) is 38.5 Å². The molecule has 0 aliphatic heterocycles. The third kappa shape index (κ3) is 2.37. The van der Waals surface area contributed by atoms with Gasteiger partial charge in [0.25, 0.3) is 0 Å². The predicted molar refractivity (Wildman–Crippen MR) is 98.8 cm³/mol. The van der Waals surface area contributed by atoms with Crippen molar-refractivity contribution in [2.24, 2.45) is 28.6 Å². The summed E-state index contributed by atoms with van der Waals surface area (Å²) in [6.07, 6.45) is 6.16. The van der Waals surface area contributed by atoms with Gasteiger partial charge in [0.15, 0.2) is 0 Å². The summed E-state index contributed by atoms with van der Waals surface area (Å²) in [6, 6.07) is 0. The van der Waals surface area contributed by atoms with E-state index in [0.29, 0.717) is 36.4 Å². The molecule has 4 aliphatic rings. The molecule has 4 rings (SSSR count). The van der Waals surface area contributed by atoms with E-state index in [-0.39, 0.29) is 28.3 Å². The van der Waals surface area contributed by atoms with Crippen LogP contribution in [0.15, 0.2) is 0 Å². The summed E-state index contributed by atoms with van der Waals surface area (Å²) in [5.41, 5.74) is -1.46. The molecule has 0 aromatic carbocycles. The van der Waals surface area contributed by atoms with Crippen molar-refractivity contribution in [3.63, 3.8) is 0 Å². The van der Waals surface area contributed by atoms with Crippen molar-refractivity contribution in [2.45, 2.75) is 89.2 Å². The van der Waals surface area contributed by atoms with Gasteiger partial charge in [0, 0.05) is 30.6 Å².